The Morgan fingerprint density at radius 1 is 0.921 bits per heavy atom. The molecule has 38 heavy (non-hydrogen) atoms. The third kappa shape index (κ3) is 6.58. The maximum atomic E-state index is 15.9. The molecule has 1 N–H and O–H groups in total. The van der Waals surface area contributed by atoms with Crippen LogP contribution in [0.3, 0.4) is 0 Å². The monoisotopic (exact) mass is 640 g/mol. The van der Waals surface area contributed by atoms with Gasteiger partial charge in [0.2, 0.25) is 6.10 Å². The van der Waals surface area contributed by atoms with Crippen molar-refractivity contribution in [3.05, 3.63) is 105 Å². The summed E-state index contributed by atoms with van der Waals surface area (Å²) in [4.78, 5) is 51.1. The van der Waals surface area contributed by atoms with Crippen LogP contribution in [0, 0.1) is 0 Å². The minimum atomic E-state index is -2.70. The number of nitrogens with one attached hydrogen (secondary N) is 1. The lowest BCUT2D eigenvalue weighted by molar-refractivity contribution is -0.173. The highest BCUT2D eigenvalue weighted by Gasteiger charge is 2.61. The number of halogens is 2. The molecule has 4 atom stereocenters. The number of aromatic nitrogens is 2. The Labute approximate surface area is 228 Å². The van der Waals surface area contributed by atoms with E-state index in [1.807, 2.05) is 4.98 Å². The number of hydrogen-bond donors (Lipinski definition) is 1. The summed E-state index contributed by atoms with van der Waals surface area (Å²) in [6, 6.07) is 18.4. The lowest BCUT2D eigenvalue weighted by Gasteiger charge is -2.25. The molecule has 0 amide bonds. The van der Waals surface area contributed by atoms with Crippen LogP contribution in [0.25, 0.3) is 0 Å². The first-order chi connectivity index (χ1) is 18.3. The maximum Gasteiger partial charge on any atom is 0.509 e. The van der Waals surface area contributed by atoms with Crippen molar-refractivity contribution >= 4 is 34.9 Å². The van der Waals surface area contributed by atoms with Crippen molar-refractivity contribution in [2.75, 3.05) is 4.43 Å². The third-order valence-corrected chi connectivity index (χ3v) is 6.52. The van der Waals surface area contributed by atoms with Gasteiger partial charge in [0.1, 0.15) is 13.2 Å². The zero-order valence-corrected chi connectivity index (χ0v) is 21.8. The van der Waals surface area contributed by atoms with Crippen LogP contribution in [0.15, 0.2) is 82.5 Å². The van der Waals surface area contributed by atoms with Gasteiger partial charge < -0.3 is 23.7 Å². The van der Waals surface area contributed by atoms with E-state index in [9.17, 15) is 19.2 Å². The molecule has 0 saturated carbocycles. The third-order valence-electron chi connectivity index (χ3n) is 5.48. The van der Waals surface area contributed by atoms with Crippen LogP contribution in [0.4, 0.5) is 14.0 Å². The second-order valence-corrected chi connectivity index (χ2v) is 8.88. The number of carbonyl (C=O) groups is 2. The van der Waals surface area contributed by atoms with Crippen LogP contribution in [-0.4, -0.2) is 44.4 Å². The van der Waals surface area contributed by atoms with Crippen LogP contribution in [0.1, 0.15) is 17.4 Å². The van der Waals surface area contributed by atoms with Gasteiger partial charge in [-0.3, -0.25) is 14.3 Å². The average Bonchev–Trinajstić information content (AvgIpc) is 3.18. The second-order valence-electron chi connectivity index (χ2n) is 8.12. The van der Waals surface area contributed by atoms with Crippen molar-refractivity contribution < 1.29 is 37.7 Å². The summed E-state index contributed by atoms with van der Waals surface area (Å²) in [5.41, 5.74) is -0.356. The second kappa shape index (κ2) is 12.2. The summed E-state index contributed by atoms with van der Waals surface area (Å²) >= 11 is 1.66. The Balaban J connectivity index is 1.57. The Morgan fingerprint density at radius 3 is 2.00 bits per heavy atom. The van der Waals surface area contributed by atoms with Crippen LogP contribution < -0.4 is 11.2 Å². The van der Waals surface area contributed by atoms with Crippen molar-refractivity contribution in [1.82, 2.24) is 9.55 Å². The van der Waals surface area contributed by atoms with E-state index < -0.39 is 47.9 Å². The first-order valence-electron chi connectivity index (χ1n) is 11.3. The van der Waals surface area contributed by atoms with Crippen molar-refractivity contribution in [2.24, 2.45) is 0 Å². The Bertz CT molecular complexity index is 1370. The van der Waals surface area contributed by atoms with Crippen LogP contribution in [-0.2, 0) is 36.9 Å². The molecule has 11 nitrogen and oxygen atoms in total. The van der Waals surface area contributed by atoms with Gasteiger partial charge in [0.05, 0.1) is 4.43 Å². The van der Waals surface area contributed by atoms with Gasteiger partial charge in [0.25, 0.3) is 11.4 Å². The van der Waals surface area contributed by atoms with Crippen molar-refractivity contribution in [3.63, 3.8) is 0 Å². The molecule has 2 aromatic carbocycles. The Kier molecular flexibility index (Phi) is 8.78. The van der Waals surface area contributed by atoms with Crippen LogP contribution in [0.5, 0.6) is 0 Å². The molecule has 1 aliphatic rings. The Morgan fingerprint density at radius 2 is 1.47 bits per heavy atom. The van der Waals surface area contributed by atoms with Gasteiger partial charge in [-0.25, -0.2) is 18.8 Å². The molecule has 0 unspecified atom stereocenters. The molecule has 13 heteroatoms. The molecule has 1 aromatic heterocycles. The molecule has 1 fully saturated rings. The highest BCUT2D eigenvalue weighted by Crippen LogP contribution is 2.42. The molecule has 0 aliphatic carbocycles. The number of ether oxygens (including phenoxy) is 5. The van der Waals surface area contributed by atoms with Gasteiger partial charge in [-0.05, 0) is 11.1 Å². The van der Waals surface area contributed by atoms with Crippen molar-refractivity contribution in [2.45, 2.75) is 37.5 Å². The first kappa shape index (κ1) is 27.3. The largest absolute Gasteiger partial charge is 0.509 e. The molecule has 1 saturated heterocycles. The molecule has 0 bridgehead atoms. The average molecular weight is 640 g/mol. The van der Waals surface area contributed by atoms with E-state index in [0.717, 1.165) is 16.8 Å². The quantitative estimate of drug-likeness (QED) is 0.223. The van der Waals surface area contributed by atoms with E-state index in [4.69, 9.17) is 23.7 Å². The summed E-state index contributed by atoms with van der Waals surface area (Å²) in [6.07, 6.45) is -6.60. The number of nitrogens with zero attached hydrogens (tertiary/aromatic N) is 1. The number of benzene rings is 2. The summed E-state index contributed by atoms with van der Waals surface area (Å²) in [5, 5.41) is 0. The van der Waals surface area contributed by atoms with E-state index in [1.54, 1.807) is 83.3 Å². The van der Waals surface area contributed by atoms with Gasteiger partial charge in [0.15, 0.2) is 12.3 Å². The molecular formula is C25H22FIN2O9. The van der Waals surface area contributed by atoms with E-state index in [-0.39, 0.29) is 17.6 Å². The Hall–Kier alpha value is -3.72. The standard InChI is InChI=1S/C25H22FIN2O9/c26-25(15-27)20(37-24(33)35-14-17-9-5-2-6-10-17)19(21(38-25)29-12-11-18(30)28-22(29)31)36-23(32)34-13-16-7-3-1-4-8-16/h1-12,19-21H,13-15H2,(H,28,30,31)/t19-,20+,21-,25-/m1/s1. The fourth-order valence-electron chi connectivity index (χ4n) is 3.67. The van der Waals surface area contributed by atoms with E-state index in [2.05, 4.69) is 0 Å². The predicted octanol–water partition coefficient (Wildman–Crippen LogP) is 3.61. The number of hydrogen-bond acceptors (Lipinski definition) is 9. The van der Waals surface area contributed by atoms with Gasteiger partial charge >= 0.3 is 18.0 Å². The van der Waals surface area contributed by atoms with Gasteiger partial charge in [-0.1, -0.05) is 83.3 Å². The smallest absolute Gasteiger partial charge is 0.429 e. The summed E-state index contributed by atoms with van der Waals surface area (Å²) in [5.74, 6) is -2.70. The zero-order chi connectivity index (χ0) is 27.1. The molecule has 1 aliphatic heterocycles. The summed E-state index contributed by atoms with van der Waals surface area (Å²) in [6.45, 7) is -0.321. The molecule has 0 radical (unpaired) electrons. The van der Waals surface area contributed by atoms with Gasteiger partial charge in [-0.2, -0.15) is 0 Å². The van der Waals surface area contributed by atoms with Crippen LogP contribution >= 0.6 is 22.6 Å². The molecule has 3 aromatic rings. The van der Waals surface area contributed by atoms with E-state index in [0.29, 0.717) is 11.1 Å². The normalized spacial score (nSPS) is 22.4. The molecule has 0 spiro atoms. The number of carbonyl (C=O) groups excluding carboxylic acids is 2. The molecule has 200 valence electrons. The van der Waals surface area contributed by atoms with E-state index >= 15 is 4.39 Å². The minimum absolute atomic E-state index is 0.159. The summed E-state index contributed by atoms with van der Waals surface area (Å²) in [7, 11) is 0. The van der Waals surface area contributed by atoms with E-state index in [1.165, 1.54) is 0 Å². The predicted molar refractivity (Wildman–Crippen MR) is 137 cm³/mol. The number of aromatic amines is 1. The number of alkyl halides is 2. The lowest BCUT2D eigenvalue weighted by Crippen LogP contribution is -2.46. The highest BCUT2D eigenvalue weighted by atomic mass is 127. The topological polar surface area (TPSA) is 135 Å². The van der Waals surface area contributed by atoms with Crippen molar-refractivity contribution in [3.8, 4) is 0 Å². The minimum Gasteiger partial charge on any atom is -0.429 e. The summed E-state index contributed by atoms with van der Waals surface area (Å²) < 4.78 is 42.6. The first-order valence-corrected chi connectivity index (χ1v) is 12.8. The fraction of sp³-hybridized carbons (Fsp3) is 0.280. The fourth-order valence-corrected chi connectivity index (χ4v) is 4.28. The lowest BCUT2D eigenvalue weighted by atomic mass is 10.1. The SMILES string of the molecule is O=C(OCc1ccccc1)O[C@H]1[C@H](n2ccc(=O)[nH]c2=O)O[C@](F)(CI)[C@H]1OC(=O)OCc1ccccc1. The van der Waals surface area contributed by atoms with Gasteiger partial charge in [-0.15, -0.1) is 0 Å². The highest BCUT2D eigenvalue weighted by molar-refractivity contribution is 14.1. The zero-order valence-electron chi connectivity index (χ0n) is 19.7. The number of H-pyrrole nitrogens is 1. The number of rotatable bonds is 8. The maximum absolute atomic E-state index is 15.9. The molecule has 4 rings (SSSR count). The molecular weight excluding hydrogens is 618 g/mol. The molecule has 2 heterocycles. The van der Waals surface area contributed by atoms with Crippen LogP contribution in [0.2, 0.25) is 0 Å². The van der Waals surface area contributed by atoms with Crippen molar-refractivity contribution in [1.29, 1.82) is 0 Å². The van der Waals surface area contributed by atoms with Gasteiger partial charge in [0, 0.05) is 12.3 Å².